The number of thiophene rings is 1. The van der Waals surface area contributed by atoms with Crippen LogP contribution in [0.5, 0.6) is 0 Å². The average Bonchev–Trinajstić information content (AvgIpc) is 3.47. The molecule has 7 nitrogen and oxygen atoms in total. The van der Waals surface area contributed by atoms with E-state index in [-0.39, 0.29) is 18.4 Å². The van der Waals surface area contributed by atoms with Crippen LogP contribution < -0.4 is 5.32 Å². The third kappa shape index (κ3) is 3.47. The van der Waals surface area contributed by atoms with Gasteiger partial charge in [0.2, 0.25) is 0 Å². The average molecular weight is 459 g/mol. The number of alkyl halides is 2. The molecule has 4 aromatic heterocycles. The van der Waals surface area contributed by atoms with Gasteiger partial charge in [0.15, 0.2) is 5.65 Å². The van der Waals surface area contributed by atoms with Gasteiger partial charge in [0.1, 0.15) is 6.33 Å². The number of aromatic amines is 1. The quantitative estimate of drug-likeness (QED) is 0.484. The number of fused-ring (bicyclic) bond motifs is 2. The van der Waals surface area contributed by atoms with Crippen molar-refractivity contribution >= 4 is 33.1 Å². The predicted molar refractivity (Wildman–Crippen MR) is 121 cm³/mol. The molecule has 0 aliphatic carbocycles. The number of carbonyl (C=O) groups excluding carboxylic acids is 1. The van der Waals surface area contributed by atoms with Gasteiger partial charge in [-0.2, -0.15) is 5.10 Å². The van der Waals surface area contributed by atoms with E-state index in [0.29, 0.717) is 18.0 Å². The summed E-state index contributed by atoms with van der Waals surface area (Å²) >= 11 is 1.42. The van der Waals surface area contributed by atoms with Crippen LogP contribution in [-0.4, -0.2) is 62.5 Å². The van der Waals surface area contributed by atoms with Crippen LogP contribution in [-0.2, 0) is 0 Å². The normalized spacial score (nSPS) is 17.3. The minimum absolute atomic E-state index is 0.0157. The zero-order chi connectivity index (χ0) is 22.6. The van der Waals surface area contributed by atoms with Gasteiger partial charge >= 0.3 is 0 Å². The van der Waals surface area contributed by atoms with Gasteiger partial charge < -0.3 is 15.2 Å². The second-order valence-corrected chi connectivity index (χ2v) is 9.56. The van der Waals surface area contributed by atoms with Crippen molar-refractivity contribution in [2.75, 3.05) is 19.6 Å². The number of nitrogens with one attached hydrogen (secondary N) is 2. The minimum atomic E-state index is -2.50. The van der Waals surface area contributed by atoms with Crippen molar-refractivity contribution in [3.05, 3.63) is 40.7 Å². The Balaban J connectivity index is 1.53. The third-order valence-electron chi connectivity index (χ3n) is 5.94. The number of piperazine rings is 1. The number of carbonyl (C=O) groups is 1. The molecule has 2 N–H and O–H groups in total. The number of aryl methyl sites for hydroxylation is 1. The summed E-state index contributed by atoms with van der Waals surface area (Å²) in [6.07, 6.45) is 0.993. The van der Waals surface area contributed by atoms with Gasteiger partial charge in [0.05, 0.1) is 26.8 Å². The van der Waals surface area contributed by atoms with E-state index in [2.05, 4.69) is 40.3 Å². The van der Waals surface area contributed by atoms with Crippen LogP contribution >= 0.6 is 11.3 Å². The summed E-state index contributed by atoms with van der Waals surface area (Å²) in [5.74, 6) is 0.0254. The molecule has 0 radical (unpaired) electrons. The number of hydrogen-bond acceptors (Lipinski definition) is 5. The fraction of sp³-hybridized carbons (Fsp3) is 0.409. The Labute approximate surface area is 187 Å². The Morgan fingerprint density at radius 2 is 2.12 bits per heavy atom. The smallest absolute Gasteiger partial charge is 0.264 e. The van der Waals surface area contributed by atoms with Gasteiger partial charge in [-0.3, -0.25) is 4.79 Å². The lowest BCUT2D eigenvalue weighted by molar-refractivity contribution is 0.0455. The van der Waals surface area contributed by atoms with Crippen LogP contribution in [0.4, 0.5) is 8.78 Å². The molecule has 1 amide bonds. The van der Waals surface area contributed by atoms with Crippen molar-refractivity contribution in [1.82, 2.24) is 29.8 Å². The SMILES string of the molecule is Cc1cc(-c2[nH]c3cc(C(=O)N4CCNC(C(F)F)C4)sc3c2C(C)C)cn2ncnc12. The first-order valence-electron chi connectivity index (χ1n) is 10.6. The van der Waals surface area contributed by atoms with Crippen molar-refractivity contribution in [1.29, 1.82) is 0 Å². The maximum absolute atomic E-state index is 13.1. The molecule has 1 unspecified atom stereocenters. The summed E-state index contributed by atoms with van der Waals surface area (Å²) < 4.78 is 29.0. The van der Waals surface area contributed by atoms with E-state index >= 15 is 0 Å². The van der Waals surface area contributed by atoms with Crippen molar-refractivity contribution in [2.45, 2.75) is 39.2 Å². The predicted octanol–water partition coefficient (Wildman–Crippen LogP) is 4.05. The molecule has 0 aromatic carbocycles. The van der Waals surface area contributed by atoms with Crippen molar-refractivity contribution in [3.8, 4) is 11.3 Å². The summed E-state index contributed by atoms with van der Waals surface area (Å²) in [5.41, 5.74) is 5.86. The highest BCUT2D eigenvalue weighted by Gasteiger charge is 2.31. The maximum Gasteiger partial charge on any atom is 0.264 e. The topological polar surface area (TPSA) is 78.3 Å². The van der Waals surface area contributed by atoms with Crippen LogP contribution in [0.3, 0.4) is 0 Å². The van der Waals surface area contributed by atoms with Crippen LogP contribution in [0.15, 0.2) is 24.7 Å². The monoisotopic (exact) mass is 458 g/mol. The lowest BCUT2D eigenvalue weighted by atomic mass is 9.99. The van der Waals surface area contributed by atoms with E-state index in [1.807, 2.05) is 19.2 Å². The molecular weight excluding hydrogens is 434 g/mol. The maximum atomic E-state index is 13.1. The van der Waals surface area contributed by atoms with Gasteiger partial charge in [0.25, 0.3) is 12.3 Å². The summed E-state index contributed by atoms with van der Waals surface area (Å²) in [6.45, 7) is 7.06. The fourth-order valence-corrected chi connectivity index (χ4v) is 5.68. The lowest BCUT2D eigenvalue weighted by Gasteiger charge is -2.33. The molecule has 1 aliphatic rings. The van der Waals surface area contributed by atoms with E-state index in [1.54, 1.807) is 4.52 Å². The second-order valence-electron chi connectivity index (χ2n) is 8.51. The molecule has 1 atom stereocenters. The molecule has 4 aromatic rings. The lowest BCUT2D eigenvalue weighted by Crippen LogP contribution is -2.55. The van der Waals surface area contributed by atoms with Gasteiger partial charge in [-0.25, -0.2) is 18.3 Å². The highest BCUT2D eigenvalue weighted by molar-refractivity contribution is 7.21. The van der Waals surface area contributed by atoms with E-state index in [9.17, 15) is 13.6 Å². The number of nitrogens with zero attached hydrogens (tertiary/aromatic N) is 4. The molecule has 1 fully saturated rings. The fourth-order valence-electron chi connectivity index (χ4n) is 4.40. The second kappa shape index (κ2) is 7.93. The first-order chi connectivity index (χ1) is 15.3. The first kappa shape index (κ1) is 21.0. The summed E-state index contributed by atoms with van der Waals surface area (Å²) in [7, 11) is 0. The zero-order valence-electron chi connectivity index (χ0n) is 18.0. The van der Waals surface area contributed by atoms with Crippen LogP contribution in [0.25, 0.3) is 27.1 Å². The minimum Gasteiger partial charge on any atom is -0.354 e. The van der Waals surface area contributed by atoms with E-state index < -0.39 is 12.5 Å². The van der Waals surface area contributed by atoms with Crippen LogP contribution in [0, 0.1) is 6.92 Å². The summed E-state index contributed by atoms with van der Waals surface area (Å²) in [5, 5.41) is 7.06. The van der Waals surface area contributed by atoms with E-state index in [0.717, 1.165) is 38.2 Å². The molecule has 1 saturated heterocycles. The molecule has 32 heavy (non-hydrogen) atoms. The molecule has 5 heterocycles. The molecule has 5 rings (SSSR count). The van der Waals surface area contributed by atoms with Gasteiger partial charge in [-0.15, -0.1) is 11.3 Å². The Bertz CT molecular complexity index is 1310. The van der Waals surface area contributed by atoms with Crippen LogP contribution in [0.1, 0.15) is 40.6 Å². The molecule has 0 bridgehead atoms. The summed E-state index contributed by atoms with van der Waals surface area (Å²) in [6, 6.07) is 2.95. The highest BCUT2D eigenvalue weighted by Crippen LogP contribution is 2.40. The number of halogens is 2. The third-order valence-corrected chi connectivity index (χ3v) is 7.09. The number of aromatic nitrogens is 4. The number of H-pyrrole nitrogens is 1. The van der Waals surface area contributed by atoms with E-state index in [4.69, 9.17) is 0 Å². The van der Waals surface area contributed by atoms with Gasteiger partial charge in [-0.05, 0) is 36.1 Å². The van der Waals surface area contributed by atoms with Crippen LogP contribution in [0.2, 0.25) is 0 Å². The Morgan fingerprint density at radius 1 is 1.31 bits per heavy atom. The number of amides is 1. The van der Waals surface area contributed by atoms with Gasteiger partial charge in [-0.1, -0.05) is 13.8 Å². The summed E-state index contributed by atoms with van der Waals surface area (Å²) in [4.78, 5) is 22.9. The van der Waals surface area contributed by atoms with Gasteiger partial charge in [0, 0.05) is 31.4 Å². The highest BCUT2D eigenvalue weighted by atomic mass is 32.1. The van der Waals surface area contributed by atoms with Crippen molar-refractivity contribution in [2.24, 2.45) is 0 Å². The largest absolute Gasteiger partial charge is 0.354 e. The van der Waals surface area contributed by atoms with E-state index in [1.165, 1.54) is 22.6 Å². The Hall–Kier alpha value is -2.85. The molecule has 10 heteroatoms. The molecule has 0 saturated carbocycles. The first-order valence-corrected chi connectivity index (χ1v) is 11.4. The molecule has 0 spiro atoms. The Morgan fingerprint density at radius 3 is 2.88 bits per heavy atom. The molecule has 168 valence electrons. The number of pyridine rings is 1. The molecular formula is C22H24F2N6OS. The number of rotatable bonds is 4. The van der Waals surface area contributed by atoms with Crippen molar-refractivity contribution in [3.63, 3.8) is 0 Å². The zero-order valence-corrected chi connectivity index (χ0v) is 18.8. The Kier molecular flexibility index (Phi) is 5.21. The number of hydrogen-bond donors (Lipinski definition) is 2. The van der Waals surface area contributed by atoms with Crippen molar-refractivity contribution < 1.29 is 13.6 Å². The molecule has 1 aliphatic heterocycles. The standard InChI is InChI=1S/C22H24F2N6OS/c1-11(2)17-18(13-6-12(3)21-26-10-27-30(21)8-13)28-14-7-16(32-19(14)17)22(31)29-5-4-25-15(9-29)20(23)24/h6-8,10-11,15,20,25,28H,4-5,9H2,1-3H3.